The van der Waals surface area contributed by atoms with Crippen LogP contribution in [0.3, 0.4) is 0 Å². The van der Waals surface area contributed by atoms with Gasteiger partial charge in [0.05, 0.1) is 17.5 Å². The van der Waals surface area contributed by atoms with Gasteiger partial charge in [0, 0.05) is 4.47 Å². The van der Waals surface area contributed by atoms with Gasteiger partial charge in [0.25, 0.3) is 0 Å². The third-order valence-corrected chi connectivity index (χ3v) is 2.66. The van der Waals surface area contributed by atoms with Crippen LogP contribution in [0, 0.1) is 0 Å². The van der Waals surface area contributed by atoms with Crippen molar-refractivity contribution >= 4 is 38.4 Å². The molecule has 0 aliphatic rings. The Hall–Kier alpha value is -0.870. The van der Waals surface area contributed by atoms with E-state index in [0.717, 1.165) is 15.4 Å². The zero-order valence-electron chi connectivity index (χ0n) is 8.00. The molecular formula is C10H8BrClN2O. The minimum atomic E-state index is 0.413. The monoisotopic (exact) mass is 286 g/mol. The fraction of sp³-hybridized carbons (Fsp3) is 0.200. The number of ether oxygens (including phenoxy) is 1. The summed E-state index contributed by atoms with van der Waals surface area (Å²) < 4.78 is 6.40. The molecule has 3 nitrogen and oxygen atoms in total. The summed E-state index contributed by atoms with van der Waals surface area (Å²) in [6.45, 7) is 2.50. The molecule has 2 aromatic rings. The Kier molecular flexibility index (Phi) is 3.07. The van der Waals surface area contributed by atoms with Crippen molar-refractivity contribution < 1.29 is 4.74 Å². The van der Waals surface area contributed by atoms with Gasteiger partial charge >= 0.3 is 0 Å². The van der Waals surface area contributed by atoms with Crippen LogP contribution in [0.15, 0.2) is 22.9 Å². The second kappa shape index (κ2) is 4.33. The molecule has 0 atom stereocenters. The maximum atomic E-state index is 6.00. The van der Waals surface area contributed by atoms with Crippen LogP contribution in [-0.4, -0.2) is 16.6 Å². The van der Waals surface area contributed by atoms with Crippen LogP contribution in [0.4, 0.5) is 0 Å². The minimum Gasteiger partial charge on any atom is -0.493 e. The van der Waals surface area contributed by atoms with Crippen molar-refractivity contribution in [2.24, 2.45) is 0 Å². The van der Waals surface area contributed by atoms with Gasteiger partial charge in [0.1, 0.15) is 17.2 Å². The molecule has 0 spiro atoms. The van der Waals surface area contributed by atoms with Gasteiger partial charge in [0.15, 0.2) is 0 Å². The van der Waals surface area contributed by atoms with E-state index in [2.05, 4.69) is 25.9 Å². The molecule has 0 saturated heterocycles. The predicted octanol–water partition coefficient (Wildman–Crippen LogP) is 3.44. The highest BCUT2D eigenvalue weighted by molar-refractivity contribution is 9.10. The molecule has 1 aromatic carbocycles. The van der Waals surface area contributed by atoms with E-state index in [0.29, 0.717) is 17.5 Å². The molecule has 0 aliphatic carbocycles. The van der Waals surface area contributed by atoms with Gasteiger partial charge in [-0.25, -0.2) is 9.97 Å². The van der Waals surface area contributed by atoms with Gasteiger partial charge in [-0.05, 0) is 19.1 Å². The van der Waals surface area contributed by atoms with Crippen molar-refractivity contribution in [3.05, 3.63) is 28.1 Å². The lowest BCUT2D eigenvalue weighted by atomic mass is 10.2. The molecule has 78 valence electrons. The van der Waals surface area contributed by atoms with Crippen LogP contribution in [0.2, 0.25) is 5.15 Å². The number of nitrogens with zero attached hydrogens (tertiary/aromatic N) is 2. The van der Waals surface area contributed by atoms with Crippen LogP contribution >= 0.6 is 27.5 Å². The van der Waals surface area contributed by atoms with E-state index in [1.165, 1.54) is 6.33 Å². The van der Waals surface area contributed by atoms with Crippen molar-refractivity contribution in [2.45, 2.75) is 6.92 Å². The van der Waals surface area contributed by atoms with Crippen LogP contribution in [0.5, 0.6) is 5.75 Å². The Morgan fingerprint density at radius 1 is 1.40 bits per heavy atom. The minimum absolute atomic E-state index is 0.413. The normalized spacial score (nSPS) is 10.6. The molecule has 0 unspecified atom stereocenters. The fourth-order valence-electron chi connectivity index (χ4n) is 1.35. The number of benzene rings is 1. The Morgan fingerprint density at radius 2 is 2.20 bits per heavy atom. The van der Waals surface area contributed by atoms with Crippen molar-refractivity contribution in [1.29, 1.82) is 0 Å². The van der Waals surface area contributed by atoms with Crippen molar-refractivity contribution in [2.75, 3.05) is 6.61 Å². The zero-order valence-corrected chi connectivity index (χ0v) is 10.3. The van der Waals surface area contributed by atoms with Gasteiger partial charge in [-0.2, -0.15) is 0 Å². The van der Waals surface area contributed by atoms with Gasteiger partial charge in [-0.1, -0.05) is 27.5 Å². The van der Waals surface area contributed by atoms with Gasteiger partial charge in [-0.15, -0.1) is 0 Å². The molecule has 0 fully saturated rings. The third kappa shape index (κ3) is 2.06. The summed E-state index contributed by atoms with van der Waals surface area (Å²) in [5.41, 5.74) is 0.771. The van der Waals surface area contributed by atoms with E-state index in [1.807, 2.05) is 19.1 Å². The van der Waals surface area contributed by atoms with Crippen LogP contribution in [0.25, 0.3) is 10.9 Å². The molecule has 2 rings (SSSR count). The summed E-state index contributed by atoms with van der Waals surface area (Å²) in [6, 6.07) is 3.74. The Labute approximate surface area is 101 Å². The van der Waals surface area contributed by atoms with E-state index in [9.17, 15) is 0 Å². The maximum Gasteiger partial charge on any atom is 0.144 e. The van der Waals surface area contributed by atoms with Crippen LogP contribution < -0.4 is 4.74 Å². The lowest BCUT2D eigenvalue weighted by Gasteiger charge is -2.08. The quantitative estimate of drug-likeness (QED) is 0.794. The second-order valence-corrected chi connectivity index (χ2v) is 4.17. The first kappa shape index (κ1) is 10.6. The van der Waals surface area contributed by atoms with Crippen molar-refractivity contribution in [3.8, 4) is 5.75 Å². The summed E-state index contributed by atoms with van der Waals surface area (Å²) >= 11 is 9.40. The summed E-state index contributed by atoms with van der Waals surface area (Å²) in [6.07, 6.45) is 1.44. The second-order valence-electron chi connectivity index (χ2n) is 2.90. The number of rotatable bonds is 2. The van der Waals surface area contributed by atoms with Crippen molar-refractivity contribution in [1.82, 2.24) is 9.97 Å². The van der Waals surface area contributed by atoms with Crippen molar-refractivity contribution in [3.63, 3.8) is 0 Å². The Bertz CT molecular complexity index is 504. The summed E-state index contributed by atoms with van der Waals surface area (Å²) in [5.74, 6) is 0.701. The first-order valence-corrected chi connectivity index (χ1v) is 5.62. The summed E-state index contributed by atoms with van der Waals surface area (Å²) in [5, 5.41) is 1.17. The van der Waals surface area contributed by atoms with E-state index in [-0.39, 0.29) is 0 Å². The zero-order chi connectivity index (χ0) is 10.8. The highest BCUT2D eigenvalue weighted by atomic mass is 79.9. The van der Waals surface area contributed by atoms with E-state index < -0.39 is 0 Å². The third-order valence-electron chi connectivity index (χ3n) is 1.92. The lowest BCUT2D eigenvalue weighted by Crippen LogP contribution is -1.94. The van der Waals surface area contributed by atoms with Gasteiger partial charge < -0.3 is 4.74 Å². The average Bonchev–Trinajstić information content (AvgIpc) is 2.17. The number of hydrogen-bond donors (Lipinski definition) is 0. The molecule has 0 radical (unpaired) electrons. The first-order chi connectivity index (χ1) is 7.22. The van der Waals surface area contributed by atoms with E-state index in [4.69, 9.17) is 16.3 Å². The van der Waals surface area contributed by atoms with E-state index >= 15 is 0 Å². The topological polar surface area (TPSA) is 35.0 Å². The number of aromatic nitrogens is 2. The van der Waals surface area contributed by atoms with Crippen LogP contribution in [0.1, 0.15) is 6.92 Å². The Balaban J connectivity index is 2.76. The first-order valence-electron chi connectivity index (χ1n) is 4.45. The maximum absolute atomic E-state index is 6.00. The molecule has 5 heteroatoms. The highest BCUT2D eigenvalue weighted by Gasteiger charge is 2.09. The standard InChI is InChI=1S/C10H8BrClN2O/c1-2-15-8-4-6(11)3-7-9(8)10(12)14-5-13-7/h3-5H,2H2,1H3. The van der Waals surface area contributed by atoms with Crippen LogP contribution in [-0.2, 0) is 0 Å². The summed E-state index contributed by atoms with van der Waals surface area (Å²) in [4.78, 5) is 8.08. The summed E-state index contributed by atoms with van der Waals surface area (Å²) in [7, 11) is 0. The largest absolute Gasteiger partial charge is 0.493 e. The molecule has 1 heterocycles. The van der Waals surface area contributed by atoms with Gasteiger partial charge in [0.2, 0.25) is 0 Å². The molecule has 0 aliphatic heterocycles. The molecule has 0 amide bonds. The molecular weight excluding hydrogens is 279 g/mol. The fourth-order valence-corrected chi connectivity index (χ4v) is 2.01. The lowest BCUT2D eigenvalue weighted by molar-refractivity contribution is 0.344. The number of fused-ring (bicyclic) bond motifs is 1. The molecule has 1 aromatic heterocycles. The Morgan fingerprint density at radius 3 is 2.93 bits per heavy atom. The SMILES string of the molecule is CCOc1cc(Br)cc2ncnc(Cl)c12. The highest BCUT2D eigenvalue weighted by Crippen LogP contribution is 2.32. The number of halogens is 2. The molecule has 0 bridgehead atoms. The smallest absolute Gasteiger partial charge is 0.144 e. The van der Waals surface area contributed by atoms with Gasteiger partial charge in [-0.3, -0.25) is 0 Å². The molecule has 0 N–H and O–H groups in total. The molecule has 0 saturated carbocycles. The molecule has 15 heavy (non-hydrogen) atoms. The van der Waals surface area contributed by atoms with E-state index in [1.54, 1.807) is 0 Å². The average molecular weight is 288 g/mol. The predicted molar refractivity (Wildman–Crippen MR) is 63.4 cm³/mol. The number of hydrogen-bond acceptors (Lipinski definition) is 3.